The summed E-state index contributed by atoms with van der Waals surface area (Å²) in [5, 5.41) is 36.0. The van der Waals surface area contributed by atoms with E-state index in [-0.39, 0.29) is 40.7 Å². The van der Waals surface area contributed by atoms with Crippen LogP contribution in [0.1, 0.15) is 31.1 Å². The average molecular weight is 485 g/mol. The second-order valence-corrected chi connectivity index (χ2v) is 9.10. The highest BCUT2D eigenvalue weighted by molar-refractivity contribution is 7.98. The van der Waals surface area contributed by atoms with Gasteiger partial charge in [0.2, 0.25) is 0 Å². The number of hydrogen-bond donors (Lipinski definition) is 6. The van der Waals surface area contributed by atoms with Crippen molar-refractivity contribution < 1.29 is 24.9 Å². The van der Waals surface area contributed by atoms with Gasteiger partial charge in [0.1, 0.15) is 28.9 Å². The number of rotatable bonds is 7. The summed E-state index contributed by atoms with van der Waals surface area (Å²) in [7, 11) is 0. The van der Waals surface area contributed by atoms with Gasteiger partial charge in [-0.3, -0.25) is 9.59 Å². The number of carbonyl (C=O) groups excluding carboxylic acids is 1. The van der Waals surface area contributed by atoms with Gasteiger partial charge in [-0.25, -0.2) is 4.40 Å². The van der Waals surface area contributed by atoms with Gasteiger partial charge in [0.15, 0.2) is 6.61 Å². The molecule has 1 atom stereocenters. The predicted octanol–water partition coefficient (Wildman–Crippen LogP) is 2.41. The van der Waals surface area contributed by atoms with Crippen LogP contribution in [0, 0.1) is 5.92 Å². The van der Waals surface area contributed by atoms with E-state index < -0.39 is 17.6 Å². The Labute approximate surface area is 198 Å². The maximum atomic E-state index is 12.9. The van der Waals surface area contributed by atoms with Crippen molar-refractivity contribution in [2.24, 2.45) is 16.0 Å². The van der Waals surface area contributed by atoms with E-state index >= 15 is 0 Å². The molecule has 0 bridgehead atoms. The number of nitrogens with one attached hydrogen (secondary N) is 2. The van der Waals surface area contributed by atoms with E-state index in [4.69, 9.17) is 10.5 Å². The van der Waals surface area contributed by atoms with Crippen LogP contribution in [0.5, 0.6) is 17.2 Å². The highest BCUT2D eigenvalue weighted by Crippen LogP contribution is 2.44. The van der Waals surface area contributed by atoms with Gasteiger partial charge in [0, 0.05) is 46.1 Å². The molecule has 2 heterocycles. The standard InChI is InChI=1S/C23H24N4O6S/c1-10(2)8-25-11-3-4-13-14(5-11)26-23(32)19(21(13)30)20-22(31)18-15(28)6-12(33-9-17(24)29)7-16(18)34-27-20/h3-7,10,22,25,28,31H,8-9H2,1-2H3,(H2,24,29)(H2,26,30,32). The molecule has 3 aromatic rings. The summed E-state index contributed by atoms with van der Waals surface area (Å²) in [5.41, 5.74) is 5.49. The van der Waals surface area contributed by atoms with Gasteiger partial charge in [0.05, 0.1) is 11.2 Å². The first-order valence-electron chi connectivity index (χ1n) is 10.5. The molecule has 10 nitrogen and oxygen atoms in total. The molecule has 0 spiro atoms. The van der Waals surface area contributed by atoms with Crippen molar-refractivity contribution in [3.8, 4) is 17.2 Å². The molecule has 178 valence electrons. The Hall–Kier alpha value is -3.70. The molecule has 1 unspecified atom stereocenters. The third-order valence-electron chi connectivity index (χ3n) is 5.21. The van der Waals surface area contributed by atoms with Crippen LogP contribution in [0.25, 0.3) is 10.9 Å². The van der Waals surface area contributed by atoms with Gasteiger partial charge >= 0.3 is 0 Å². The van der Waals surface area contributed by atoms with Crippen molar-refractivity contribution >= 4 is 40.2 Å². The number of phenols is 1. The molecule has 2 aromatic carbocycles. The normalized spacial score (nSPS) is 15.2. The number of aliphatic hydroxyl groups is 1. The number of primary amides is 1. The summed E-state index contributed by atoms with van der Waals surface area (Å²) >= 11 is 0.890. The van der Waals surface area contributed by atoms with E-state index in [0.717, 1.165) is 24.2 Å². The molecule has 0 saturated heterocycles. The lowest BCUT2D eigenvalue weighted by molar-refractivity contribution is -0.119. The Morgan fingerprint density at radius 2 is 2.06 bits per heavy atom. The molecular weight excluding hydrogens is 460 g/mol. The van der Waals surface area contributed by atoms with E-state index in [0.29, 0.717) is 21.7 Å². The lowest BCUT2D eigenvalue weighted by Gasteiger charge is -2.23. The zero-order chi connectivity index (χ0) is 24.6. The van der Waals surface area contributed by atoms with Crippen LogP contribution in [-0.4, -0.2) is 45.1 Å². The second kappa shape index (κ2) is 9.27. The van der Waals surface area contributed by atoms with Gasteiger partial charge in [-0.15, -0.1) is 0 Å². The molecule has 0 aliphatic carbocycles. The van der Waals surface area contributed by atoms with Crippen molar-refractivity contribution in [1.29, 1.82) is 0 Å². The van der Waals surface area contributed by atoms with Crippen molar-refractivity contribution in [2.75, 3.05) is 18.5 Å². The Bertz CT molecular complexity index is 1370. The minimum atomic E-state index is -1.49. The summed E-state index contributed by atoms with van der Waals surface area (Å²) in [5.74, 6) is -0.724. The topological polar surface area (TPSA) is 170 Å². The highest BCUT2D eigenvalue weighted by atomic mass is 32.2. The van der Waals surface area contributed by atoms with E-state index in [1.807, 2.05) is 0 Å². The summed E-state index contributed by atoms with van der Waals surface area (Å²) in [4.78, 5) is 27.0. The van der Waals surface area contributed by atoms with Gasteiger partial charge in [0.25, 0.3) is 11.5 Å². The summed E-state index contributed by atoms with van der Waals surface area (Å²) in [6, 6.07) is 7.90. The quantitative estimate of drug-likeness (QED) is 0.278. The number of benzene rings is 2. The van der Waals surface area contributed by atoms with Crippen LogP contribution < -0.4 is 21.3 Å². The fourth-order valence-corrected chi connectivity index (χ4v) is 4.46. The van der Waals surface area contributed by atoms with Gasteiger partial charge in [-0.05, 0) is 30.2 Å². The molecule has 1 aliphatic rings. The third-order valence-corrected chi connectivity index (χ3v) is 6.03. The number of ether oxygens (including phenoxy) is 1. The average Bonchev–Trinajstić information content (AvgIpc) is 2.77. The molecular formula is C23H24N4O6S. The first-order chi connectivity index (χ1) is 16.2. The van der Waals surface area contributed by atoms with Crippen LogP contribution in [0.2, 0.25) is 0 Å². The number of aromatic nitrogens is 1. The molecule has 0 fully saturated rings. The Balaban J connectivity index is 1.71. The van der Waals surface area contributed by atoms with E-state index in [2.05, 4.69) is 28.5 Å². The zero-order valence-corrected chi connectivity index (χ0v) is 19.3. The number of aliphatic hydroxyl groups excluding tert-OH is 1. The van der Waals surface area contributed by atoms with Gasteiger partial charge in [-0.2, -0.15) is 0 Å². The number of phenolic OH excluding ortho intramolecular Hbond substituents is 1. The van der Waals surface area contributed by atoms with E-state index in [1.165, 1.54) is 12.1 Å². The monoisotopic (exact) mass is 484 g/mol. The van der Waals surface area contributed by atoms with E-state index in [9.17, 15) is 24.9 Å². The molecule has 1 amide bonds. The first-order valence-corrected chi connectivity index (χ1v) is 11.3. The number of anilines is 1. The Morgan fingerprint density at radius 3 is 2.76 bits per heavy atom. The second-order valence-electron chi connectivity index (χ2n) is 8.29. The molecule has 1 aromatic heterocycles. The van der Waals surface area contributed by atoms with Crippen molar-refractivity contribution in [2.45, 2.75) is 24.8 Å². The number of nitrogens with two attached hydrogens (primary N) is 1. The number of hydrogen-bond acceptors (Lipinski definition) is 9. The zero-order valence-electron chi connectivity index (χ0n) is 18.5. The first kappa shape index (κ1) is 23.5. The maximum Gasteiger partial charge on any atom is 0.261 e. The van der Waals surface area contributed by atoms with Crippen molar-refractivity contribution in [3.05, 3.63) is 51.8 Å². The fourth-order valence-electron chi connectivity index (χ4n) is 3.59. The number of H-pyrrole nitrogens is 1. The third kappa shape index (κ3) is 4.52. The number of pyridine rings is 1. The minimum absolute atomic E-state index is 0.0961. The molecule has 1 aliphatic heterocycles. The summed E-state index contributed by atoms with van der Waals surface area (Å²) in [6.07, 6.45) is -1.49. The summed E-state index contributed by atoms with van der Waals surface area (Å²) < 4.78 is 9.44. The molecule has 11 heteroatoms. The molecule has 0 saturated carbocycles. The lowest BCUT2D eigenvalue weighted by atomic mass is 9.97. The van der Waals surface area contributed by atoms with Crippen molar-refractivity contribution in [1.82, 2.24) is 4.98 Å². The predicted molar refractivity (Wildman–Crippen MR) is 130 cm³/mol. The Kier molecular flexibility index (Phi) is 6.40. The smallest absolute Gasteiger partial charge is 0.261 e. The minimum Gasteiger partial charge on any atom is -0.507 e. The lowest BCUT2D eigenvalue weighted by Crippen LogP contribution is -2.25. The molecule has 7 N–H and O–H groups in total. The van der Waals surface area contributed by atoms with E-state index in [1.54, 1.807) is 18.2 Å². The fraction of sp³-hybridized carbons (Fsp3) is 0.261. The molecule has 0 radical (unpaired) electrons. The maximum absolute atomic E-state index is 12.9. The number of amides is 1. The SMILES string of the molecule is CC(C)CNc1ccc2c(O)c(C3=NSc4cc(OCC(N)=O)cc(O)c4C3O)c(=O)[nH]c2c1. The number of carbonyl (C=O) groups is 1. The molecule has 34 heavy (non-hydrogen) atoms. The van der Waals surface area contributed by atoms with Gasteiger partial charge in [-0.1, -0.05) is 13.8 Å². The highest BCUT2D eigenvalue weighted by Gasteiger charge is 2.32. The van der Waals surface area contributed by atoms with Crippen LogP contribution in [0.15, 0.2) is 44.4 Å². The van der Waals surface area contributed by atoms with Gasteiger partial charge < -0.3 is 36.1 Å². The van der Waals surface area contributed by atoms with Crippen molar-refractivity contribution in [3.63, 3.8) is 0 Å². The van der Waals surface area contributed by atoms with Crippen LogP contribution in [0.3, 0.4) is 0 Å². The van der Waals surface area contributed by atoms with Crippen LogP contribution in [0.4, 0.5) is 5.69 Å². The largest absolute Gasteiger partial charge is 0.507 e. The number of aromatic hydroxyl groups is 2. The summed E-state index contributed by atoms with van der Waals surface area (Å²) in [6.45, 7) is 4.52. The Morgan fingerprint density at radius 1 is 1.29 bits per heavy atom. The number of nitrogens with zero attached hydrogens (tertiary/aromatic N) is 1. The molecule has 4 rings (SSSR count). The number of aromatic amines is 1. The van der Waals surface area contributed by atoms with Crippen LogP contribution >= 0.6 is 11.9 Å². The number of fused-ring (bicyclic) bond motifs is 2. The van der Waals surface area contributed by atoms with Crippen LogP contribution in [-0.2, 0) is 4.79 Å².